The highest BCUT2D eigenvalue weighted by Gasteiger charge is 2.19. The highest BCUT2D eigenvalue weighted by molar-refractivity contribution is 5.95. The number of aldehydes is 1. The van der Waals surface area contributed by atoms with Crippen molar-refractivity contribution in [2.45, 2.75) is 32.7 Å². The second-order valence-corrected chi connectivity index (χ2v) is 9.39. The first-order valence-corrected chi connectivity index (χ1v) is 12.4. The molecule has 5 heterocycles. The van der Waals surface area contributed by atoms with Crippen LogP contribution < -0.4 is 22.2 Å². The molecule has 10 nitrogen and oxygen atoms in total. The van der Waals surface area contributed by atoms with E-state index in [1.165, 1.54) is 9.13 Å². The lowest BCUT2D eigenvalue weighted by Crippen LogP contribution is -2.21. The zero-order valence-electron chi connectivity index (χ0n) is 21.6. The van der Waals surface area contributed by atoms with Crippen LogP contribution in [0.2, 0.25) is 0 Å². The minimum atomic E-state index is -0.339. The smallest absolute Gasteiger partial charge is 0.276 e. The summed E-state index contributed by atoms with van der Waals surface area (Å²) in [5.74, 6) is 0.381. The number of aryl methyl sites for hydroxylation is 3. The van der Waals surface area contributed by atoms with E-state index >= 15 is 0 Å². The molecule has 194 valence electrons. The minimum Gasteiger partial charge on any atom is -0.392 e. The molecule has 38 heavy (non-hydrogen) atoms. The van der Waals surface area contributed by atoms with Crippen molar-refractivity contribution in [2.24, 2.45) is 17.8 Å². The van der Waals surface area contributed by atoms with E-state index in [4.69, 9.17) is 5.73 Å². The number of aliphatic imine (C=N–C) groups is 1. The fraction of sp³-hybridized carbons (Fsp3) is 0.250. The Morgan fingerprint density at radius 2 is 2.00 bits per heavy atom. The summed E-state index contributed by atoms with van der Waals surface area (Å²) in [5.41, 5.74) is 9.70. The molecule has 3 N–H and O–H groups in total. The summed E-state index contributed by atoms with van der Waals surface area (Å²) in [4.78, 5) is 47.4. The summed E-state index contributed by atoms with van der Waals surface area (Å²) >= 11 is 0. The van der Waals surface area contributed by atoms with Crippen LogP contribution in [0.4, 0.5) is 5.69 Å². The van der Waals surface area contributed by atoms with Crippen molar-refractivity contribution in [3.63, 3.8) is 0 Å². The standard InChI is InChI=1S/C28H29N7O3/c1-17(30-2)12-25(29)32-23-13-18(15-33(3)28(23)38)20-7-9-31-26(22(20)16-36)35-11-8-24-21(27(35)37)14-19-6-4-5-10-34(19)24/h7-9,11-16,30H,4-6,10H2,1-3H3,(H2,29,32)/b17-12-. The third-order valence-electron chi connectivity index (χ3n) is 6.92. The largest absolute Gasteiger partial charge is 0.392 e. The van der Waals surface area contributed by atoms with Crippen LogP contribution in [0.1, 0.15) is 35.8 Å². The molecule has 1 aliphatic heterocycles. The van der Waals surface area contributed by atoms with E-state index in [2.05, 4.69) is 19.9 Å². The zero-order valence-corrected chi connectivity index (χ0v) is 21.6. The van der Waals surface area contributed by atoms with Gasteiger partial charge in [-0.15, -0.1) is 0 Å². The third-order valence-corrected chi connectivity index (χ3v) is 6.92. The molecular formula is C28H29N7O3. The molecule has 10 heteroatoms. The molecule has 0 atom stereocenters. The van der Waals surface area contributed by atoms with Crippen LogP contribution in [0.15, 0.2) is 69.2 Å². The van der Waals surface area contributed by atoms with E-state index in [-0.39, 0.29) is 34.0 Å². The molecule has 0 aliphatic carbocycles. The molecule has 0 bridgehead atoms. The predicted octanol–water partition coefficient (Wildman–Crippen LogP) is 2.81. The molecular weight excluding hydrogens is 482 g/mol. The summed E-state index contributed by atoms with van der Waals surface area (Å²) in [7, 11) is 3.36. The van der Waals surface area contributed by atoms with E-state index in [0.717, 1.165) is 42.7 Å². The maximum atomic E-state index is 13.6. The predicted molar refractivity (Wildman–Crippen MR) is 148 cm³/mol. The number of amidine groups is 1. The Labute approximate surface area is 218 Å². The highest BCUT2D eigenvalue weighted by Crippen LogP contribution is 2.28. The average Bonchev–Trinajstić information content (AvgIpc) is 3.30. The molecule has 0 aromatic carbocycles. The van der Waals surface area contributed by atoms with Crippen molar-refractivity contribution in [2.75, 3.05) is 7.05 Å². The Hall–Kier alpha value is -4.73. The fourth-order valence-corrected chi connectivity index (χ4v) is 4.94. The van der Waals surface area contributed by atoms with Crippen LogP contribution in [0.3, 0.4) is 0 Å². The van der Waals surface area contributed by atoms with Crippen molar-refractivity contribution in [3.05, 3.63) is 86.6 Å². The second kappa shape index (κ2) is 9.97. The number of nitrogens with one attached hydrogen (secondary N) is 1. The minimum absolute atomic E-state index is 0.121. The number of nitrogens with two attached hydrogens (primary N) is 1. The summed E-state index contributed by atoms with van der Waals surface area (Å²) in [5, 5.41) is 3.56. The van der Waals surface area contributed by atoms with Gasteiger partial charge in [0.25, 0.3) is 11.1 Å². The van der Waals surface area contributed by atoms with Crippen molar-refractivity contribution >= 4 is 28.7 Å². The zero-order chi connectivity index (χ0) is 27.0. The van der Waals surface area contributed by atoms with Gasteiger partial charge in [0, 0.05) is 56.2 Å². The quantitative estimate of drug-likeness (QED) is 0.233. The Morgan fingerprint density at radius 1 is 1.18 bits per heavy atom. The number of nitrogens with zero attached hydrogens (tertiary/aromatic N) is 5. The van der Waals surface area contributed by atoms with Crippen LogP contribution in [0.25, 0.3) is 27.8 Å². The summed E-state index contributed by atoms with van der Waals surface area (Å²) in [6.45, 7) is 2.72. The molecule has 0 unspecified atom stereocenters. The first-order valence-electron chi connectivity index (χ1n) is 12.4. The molecule has 4 aromatic heterocycles. The molecule has 0 saturated carbocycles. The fourth-order valence-electron chi connectivity index (χ4n) is 4.94. The van der Waals surface area contributed by atoms with Gasteiger partial charge in [-0.25, -0.2) is 9.98 Å². The van der Waals surface area contributed by atoms with Crippen molar-refractivity contribution < 1.29 is 4.79 Å². The number of carbonyl (C=O) groups is 1. The number of hydrogen-bond donors (Lipinski definition) is 2. The van der Waals surface area contributed by atoms with Gasteiger partial charge < -0.3 is 20.2 Å². The van der Waals surface area contributed by atoms with E-state index in [1.807, 2.05) is 19.1 Å². The van der Waals surface area contributed by atoms with Gasteiger partial charge in [-0.1, -0.05) is 0 Å². The van der Waals surface area contributed by atoms with Gasteiger partial charge >= 0.3 is 0 Å². The summed E-state index contributed by atoms with van der Waals surface area (Å²) in [6, 6.07) is 7.11. The maximum Gasteiger partial charge on any atom is 0.276 e. The first kappa shape index (κ1) is 24.9. The van der Waals surface area contributed by atoms with Gasteiger partial charge in [-0.05, 0) is 62.1 Å². The Balaban J connectivity index is 1.66. The highest BCUT2D eigenvalue weighted by atomic mass is 16.1. The van der Waals surface area contributed by atoms with Gasteiger partial charge in [0.05, 0.1) is 16.5 Å². The second-order valence-electron chi connectivity index (χ2n) is 9.39. The van der Waals surface area contributed by atoms with E-state index in [9.17, 15) is 14.4 Å². The normalized spacial score (nSPS) is 14.0. The number of fused-ring (bicyclic) bond motifs is 3. The molecule has 0 fully saturated rings. The lowest BCUT2D eigenvalue weighted by atomic mass is 10.0. The average molecular weight is 512 g/mol. The van der Waals surface area contributed by atoms with E-state index in [1.54, 1.807) is 50.9 Å². The van der Waals surface area contributed by atoms with Crippen molar-refractivity contribution in [1.29, 1.82) is 0 Å². The van der Waals surface area contributed by atoms with Crippen LogP contribution >= 0.6 is 0 Å². The van der Waals surface area contributed by atoms with E-state index in [0.29, 0.717) is 22.8 Å². The maximum absolute atomic E-state index is 13.6. The van der Waals surface area contributed by atoms with Gasteiger partial charge in [0.2, 0.25) is 0 Å². The van der Waals surface area contributed by atoms with E-state index < -0.39 is 0 Å². The van der Waals surface area contributed by atoms with Crippen molar-refractivity contribution in [3.8, 4) is 16.9 Å². The number of rotatable bonds is 6. The van der Waals surface area contributed by atoms with Crippen LogP contribution in [0.5, 0.6) is 0 Å². The molecule has 0 saturated heterocycles. The first-order chi connectivity index (χ1) is 18.3. The van der Waals surface area contributed by atoms with Gasteiger partial charge in [-0.2, -0.15) is 0 Å². The Kier molecular flexibility index (Phi) is 6.54. The number of allylic oxidation sites excluding steroid dienone is 1. The topological polar surface area (TPSA) is 129 Å². The summed E-state index contributed by atoms with van der Waals surface area (Å²) < 4.78 is 4.99. The Bertz CT molecular complexity index is 1750. The van der Waals surface area contributed by atoms with Gasteiger partial charge in [0.1, 0.15) is 11.5 Å². The Morgan fingerprint density at radius 3 is 2.76 bits per heavy atom. The molecule has 0 radical (unpaired) electrons. The lowest BCUT2D eigenvalue weighted by Gasteiger charge is -2.16. The monoisotopic (exact) mass is 511 g/mol. The number of pyridine rings is 3. The van der Waals surface area contributed by atoms with Crippen LogP contribution in [0, 0.1) is 0 Å². The number of carbonyl (C=O) groups excluding carboxylic acids is 1. The number of aromatic nitrogens is 4. The molecule has 1 aliphatic rings. The third kappa shape index (κ3) is 4.34. The van der Waals surface area contributed by atoms with Gasteiger partial charge in [-0.3, -0.25) is 19.0 Å². The lowest BCUT2D eigenvalue weighted by molar-refractivity contribution is 0.112. The van der Waals surface area contributed by atoms with Crippen molar-refractivity contribution in [1.82, 2.24) is 24.0 Å². The SMILES string of the molecule is CN/C(C)=C\C(N)=Nc1cc(-c2ccnc(-n3ccc4c(cc5n4CCCC5)c3=O)c2C=O)cn(C)c1=O. The molecule has 0 spiro atoms. The number of hydrogen-bond acceptors (Lipinski definition) is 6. The molecule has 5 rings (SSSR count). The van der Waals surface area contributed by atoms with Crippen LogP contribution in [-0.2, 0) is 20.0 Å². The van der Waals surface area contributed by atoms with Crippen LogP contribution in [-0.4, -0.2) is 37.9 Å². The summed E-state index contributed by atoms with van der Waals surface area (Å²) in [6.07, 6.45) is 10.3. The van der Waals surface area contributed by atoms with Gasteiger partial charge in [0.15, 0.2) is 12.1 Å². The molecule has 0 amide bonds. The molecule has 4 aromatic rings.